The lowest BCUT2D eigenvalue weighted by molar-refractivity contribution is 0.0584. The molecule has 0 aromatic heterocycles. The van der Waals surface area contributed by atoms with Crippen molar-refractivity contribution < 1.29 is 13.9 Å². The number of benzene rings is 1. The predicted molar refractivity (Wildman–Crippen MR) is 71.8 cm³/mol. The maximum Gasteiger partial charge on any atom is 0.257 e. The van der Waals surface area contributed by atoms with Gasteiger partial charge in [-0.3, -0.25) is 4.79 Å². The fourth-order valence-electron chi connectivity index (χ4n) is 2.66. The van der Waals surface area contributed by atoms with E-state index in [2.05, 4.69) is 6.92 Å². The molecule has 2 unspecified atom stereocenters. The Morgan fingerprint density at radius 2 is 2.16 bits per heavy atom. The molecule has 0 N–H and O–H groups in total. The molecule has 3 nitrogen and oxygen atoms in total. The minimum Gasteiger partial charge on any atom is -0.497 e. The summed E-state index contributed by atoms with van der Waals surface area (Å²) in [7, 11) is 1.48. The molecule has 4 heteroatoms. The highest BCUT2D eigenvalue weighted by Gasteiger charge is 2.28. The molecule has 0 aliphatic carbocycles. The highest BCUT2D eigenvalue weighted by Crippen LogP contribution is 2.25. The Morgan fingerprint density at radius 3 is 2.74 bits per heavy atom. The zero-order valence-electron chi connectivity index (χ0n) is 11.6. The first kappa shape index (κ1) is 13.8. The molecule has 1 aliphatic rings. The Kier molecular flexibility index (Phi) is 4.08. The summed E-state index contributed by atoms with van der Waals surface area (Å²) in [5.74, 6) is 0.309. The van der Waals surface area contributed by atoms with Crippen molar-refractivity contribution in [1.29, 1.82) is 0 Å². The van der Waals surface area contributed by atoms with Gasteiger partial charge in [-0.25, -0.2) is 4.39 Å². The minimum atomic E-state index is -0.518. The molecule has 1 aromatic rings. The van der Waals surface area contributed by atoms with Gasteiger partial charge in [0.05, 0.1) is 12.7 Å². The lowest BCUT2D eigenvalue weighted by Crippen LogP contribution is -2.44. The minimum absolute atomic E-state index is 0.127. The number of ether oxygens (including phenoxy) is 1. The quantitative estimate of drug-likeness (QED) is 0.822. The third-order valence-corrected chi connectivity index (χ3v) is 3.81. The molecular weight excluding hydrogens is 245 g/mol. The molecule has 1 amide bonds. The lowest BCUT2D eigenvalue weighted by atomic mass is 9.93. The highest BCUT2D eigenvalue weighted by atomic mass is 19.1. The number of rotatable bonds is 2. The molecule has 1 aliphatic heterocycles. The summed E-state index contributed by atoms with van der Waals surface area (Å²) in [6.45, 7) is 4.91. The van der Waals surface area contributed by atoms with E-state index in [0.29, 0.717) is 18.2 Å². The van der Waals surface area contributed by atoms with Crippen LogP contribution in [0.15, 0.2) is 18.2 Å². The van der Waals surface area contributed by atoms with Crippen LogP contribution < -0.4 is 4.74 Å². The molecule has 1 heterocycles. The van der Waals surface area contributed by atoms with Gasteiger partial charge in [-0.1, -0.05) is 6.92 Å². The monoisotopic (exact) mass is 265 g/mol. The van der Waals surface area contributed by atoms with Gasteiger partial charge in [-0.05, 0) is 37.8 Å². The lowest BCUT2D eigenvalue weighted by Gasteiger charge is -2.36. The number of nitrogens with zero attached hydrogens (tertiary/aromatic N) is 1. The largest absolute Gasteiger partial charge is 0.497 e. The molecule has 19 heavy (non-hydrogen) atoms. The number of likely N-dealkylation sites (tertiary alicyclic amines) is 1. The average Bonchev–Trinajstić information content (AvgIpc) is 2.37. The molecule has 0 bridgehead atoms. The summed E-state index contributed by atoms with van der Waals surface area (Å²) >= 11 is 0. The second kappa shape index (κ2) is 5.59. The van der Waals surface area contributed by atoms with E-state index in [1.807, 2.05) is 6.92 Å². The second-order valence-electron chi connectivity index (χ2n) is 5.32. The Labute approximate surface area is 113 Å². The standard InChI is InChI=1S/C15H20FNO2/c1-10-6-7-17(11(2)8-10)15(18)13-5-4-12(19-3)9-14(13)16/h4-5,9-11H,6-8H2,1-3H3. The zero-order valence-corrected chi connectivity index (χ0v) is 11.6. The van der Waals surface area contributed by atoms with Crippen LogP contribution in [0.5, 0.6) is 5.75 Å². The van der Waals surface area contributed by atoms with Gasteiger partial charge in [0, 0.05) is 18.7 Å². The van der Waals surface area contributed by atoms with E-state index in [4.69, 9.17) is 4.74 Å². The Balaban J connectivity index is 2.19. The molecule has 104 valence electrons. The number of carbonyl (C=O) groups excluding carboxylic acids is 1. The molecular formula is C15H20FNO2. The topological polar surface area (TPSA) is 29.5 Å². The van der Waals surface area contributed by atoms with Crippen LogP contribution in [0.25, 0.3) is 0 Å². The van der Waals surface area contributed by atoms with Crippen molar-refractivity contribution in [3.8, 4) is 5.75 Å². The number of halogens is 1. The van der Waals surface area contributed by atoms with Crippen molar-refractivity contribution in [1.82, 2.24) is 4.90 Å². The van der Waals surface area contributed by atoms with Crippen molar-refractivity contribution in [3.63, 3.8) is 0 Å². The summed E-state index contributed by atoms with van der Waals surface area (Å²) in [4.78, 5) is 14.2. The van der Waals surface area contributed by atoms with Gasteiger partial charge in [-0.15, -0.1) is 0 Å². The summed E-state index contributed by atoms with van der Waals surface area (Å²) in [5, 5.41) is 0. The molecule has 0 spiro atoms. The zero-order chi connectivity index (χ0) is 14.0. The number of amides is 1. The second-order valence-corrected chi connectivity index (χ2v) is 5.32. The number of methoxy groups -OCH3 is 1. The van der Waals surface area contributed by atoms with E-state index in [1.165, 1.54) is 19.2 Å². The predicted octanol–water partition coefficient (Wildman–Crippen LogP) is 3.09. The fourth-order valence-corrected chi connectivity index (χ4v) is 2.66. The van der Waals surface area contributed by atoms with Crippen LogP contribution in [0, 0.1) is 11.7 Å². The van der Waals surface area contributed by atoms with Crippen molar-refractivity contribution >= 4 is 5.91 Å². The maximum absolute atomic E-state index is 13.9. The summed E-state index contributed by atoms with van der Waals surface area (Å²) in [6.07, 6.45) is 1.96. The molecule has 0 radical (unpaired) electrons. The van der Waals surface area contributed by atoms with Gasteiger partial charge >= 0.3 is 0 Å². The maximum atomic E-state index is 13.9. The van der Waals surface area contributed by atoms with Crippen LogP contribution >= 0.6 is 0 Å². The van der Waals surface area contributed by atoms with Crippen LogP contribution in [-0.4, -0.2) is 30.5 Å². The number of piperidine rings is 1. The van der Waals surface area contributed by atoms with Gasteiger partial charge < -0.3 is 9.64 Å². The molecule has 1 aromatic carbocycles. The number of carbonyl (C=O) groups is 1. The Bertz CT molecular complexity index is 475. The smallest absolute Gasteiger partial charge is 0.257 e. The van der Waals surface area contributed by atoms with Crippen molar-refractivity contribution in [2.45, 2.75) is 32.7 Å². The van der Waals surface area contributed by atoms with E-state index in [-0.39, 0.29) is 17.5 Å². The molecule has 2 atom stereocenters. The van der Waals surface area contributed by atoms with Crippen LogP contribution in [0.2, 0.25) is 0 Å². The molecule has 1 fully saturated rings. The van der Waals surface area contributed by atoms with Gasteiger partial charge in [0.15, 0.2) is 0 Å². The van der Waals surface area contributed by atoms with Crippen LogP contribution in [0.4, 0.5) is 4.39 Å². The first-order valence-electron chi connectivity index (χ1n) is 6.67. The van der Waals surface area contributed by atoms with Crippen molar-refractivity contribution in [3.05, 3.63) is 29.6 Å². The van der Waals surface area contributed by atoms with E-state index in [0.717, 1.165) is 12.8 Å². The first-order chi connectivity index (χ1) is 9.02. The van der Waals surface area contributed by atoms with E-state index < -0.39 is 5.82 Å². The van der Waals surface area contributed by atoms with E-state index in [1.54, 1.807) is 11.0 Å². The SMILES string of the molecule is COc1ccc(C(=O)N2CCC(C)CC2C)c(F)c1. The van der Waals surface area contributed by atoms with E-state index >= 15 is 0 Å². The molecule has 1 saturated heterocycles. The van der Waals surface area contributed by atoms with Crippen LogP contribution in [0.3, 0.4) is 0 Å². The third kappa shape index (κ3) is 2.88. The fraction of sp³-hybridized carbons (Fsp3) is 0.533. The van der Waals surface area contributed by atoms with E-state index in [9.17, 15) is 9.18 Å². The number of hydrogen-bond acceptors (Lipinski definition) is 2. The van der Waals surface area contributed by atoms with Crippen molar-refractivity contribution in [2.24, 2.45) is 5.92 Å². The summed E-state index contributed by atoms with van der Waals surface area (Å²) in [5.41, 5.74) is 0.127. The number of hydrogen-bond donors (Lipinski definition) is 0. The van der Waals surface area contributed by atoms with Crippen LogP contribution in [0.1, 0.15) is 37.0 Å². The van der Waals surface area contributed by atoms with Gasteiger partial charge in [-0.2, -0.15) is 0 Å². The van der Waals surface area contributed by atoms with Crippen LogP contribution in [-0.2, 0) is 0 Å². The van der Waals surface area contributed by atoms with Crippen molar-refractivity contribution in [2.75, 3.05) is 13.7 Å². The Morgan fingerprint density at radius 1 is 1.42 bits per heavy atom. The normalized spacial score (nSPS) is 23.3. The summed E-state index contributed by atoms with van der Waals surface area (Å²) < 4.78 is 18.9. The Hall–Kier alpha value is -1.58. The summed E-state index contributed by atoms with van der Waals surface area (Å²) in [6, 6.07) is 4.54. The average molecular weight is 265 g/mol. The first-order valence-corrected chi connectivity index (χ1v) is 6.67. The molecule has 2 rings (SSSR count). The molecule has 0 saturated carbocycles. The van der Waals surface area contributed by atoms with Gasteiger partial charge in [0.1, 0.15) is 11.6 Å². The van der Waals surface area contributed by atoms with Gasteiger partial charge in [0.2, 0.25) is 0 Å². The highest BCUT2D eigenvalue weighted by molar-refractivity contribution is 5.94. The van der Waals surface area contributed by atoms with Gasteiger partial charge in [0.25, 0.3) is 5.91 Å². The third-order valence-electron chi connectivity index (χ3n) is 3.81.